The minimum absolute atomic E-state index is 0.280. The first-order chi connectivity index (χ1) is 12.7. The molecule has 0 radical (unpaired) electrons. The molecule has 1 aromatic heterocycles. The van der Waals surface area contributed by atoms with Gasteiger partial charge in [-0.25, -0.2) is 0 Å². The van der Waals surface area contributed by atoms with E-state index in [0.717, 1.165) is 5.52 Å². The predicted octanol–water partition coefficient (Wildman–Crippen LogP) is 4.61. The third-order valence-corrected chi connectivity index (χ3v) is 5.63. The molecule has 8 heteroatoms. The second-order valence-electron chi connectivity index (χ2n) is 6.23. The van der Waals surface area contributed by atoms with Crippen LogP contribution in [0.15, 0.2) is 36.4 Å². The molecule has 0 aliphatic rings. The molecule has 2 aromatic carbocycles. The Morgan fingerprint density at radius 1 is 1.07 bits per heavy atom. The van der Waals surface area contributed by atoms with Crippen LogP contribution in [0, 0.1) is 0 Å². The van der Waals surface area contributed by atoms with Gasteiger partial charge < -0.3 is 20.1 Å². The average Bonchev–Trinajstić information content (AvgIpc) is 2.95. The number of aryl methyl sites for hydroxylation is 1. The van der Waals surface area contributed by atoms with Crippen LogP contribution in [0.5, 0.6) is 0 Å². The number of carbonyl (C=O) groups is 1. The molecule has 3 N–H and O–H groups in total. The van der Waals surface area contributed by atoms with Gasteiger partial charge in [0.2, 0.25) is 0 Å². The number of amides is 1. The van der Waals surface area contributed by atoms with E-state index in [4.69, 9.17) is 34.8 Å². The van der Waals surface area contributed by atoms with Crippen molar-refractivity contribution in [3.05, 3.63) is 68.3 Å². The summed E-state index contributed by atoms with van der Waals surface area (Å²) in [6.45, 7) is 1.79. The molecular weight excluding hydrogens is 411 g/mol. The summed E-state index contributed by atoms with van der Waals surface area (Å²) in [5, 5.41) is 23.2. The summed E-state index contributed by atoms with van der Waals surface area (Å²) in [7, 11) is 1.77. The molecule has 1 atom stereocenters. The standard InChI is InChI=1S/C19H17Cl3N2O3/c1-9(11-4-3-10(19(26)27)7-14(11)21)23-18(25)16-8-12-15(24(16)2)6-5-13(20)17(12)22/h3-9,19,26-27H,1-2H3,(H,23,25). The summed E-state index contributed by atoms with van der Waals surface area (Å²) >= 11 is 18.5. The van der Waals surface area contributed by atoms with Crippen molar-refractivity contribution < 1.29 is 15.0 Å². The smallest absolute Gasteiger partial charge is 0.268 e. The van der Waals surface area contributed by atoms with Crippen molar-refractivity contribution in [2.45, 2.75) is 19.3 Å². The lowest BCUT2D eigenvalue weighted by atomic mass is 10.1. The van der Waals surface area contributed by atoms with Crippen LogP contribution < -0.4 is 5.32 Å². The molecule has 0 saturated carbocycles. The third kappa shape index (κ3) is 3.79. The van der Waals surface area contributed by atoms with Gasteiger partial charge in [-0.15, -0.1) is 0 Å². The maximum Gasteiger partial charge on any atom is 0.268 e. The first kappa shape index (κ1) is 20.0. The fourth-order valence-electron chi connectivity index (χ4n) is 2.97. The highest BCUT2D eigenvalue weighted by Gasteiger charge is 2.20. The maximum absolute atomic E-state index is 12.8. The average molecular weight is 428 g/mol. The Bertz CT molecular complexity index is 1030. The molecule has 27 heavy (non-hydrogen) atoms. The molecule has 3 aromatic rings. The molecule has 0 bridgehead atoms. The van der Waals surface area contributed by atoms with Gasteiger partial charge in [0, 0.05) is 28.5 Å². The Kier molecular flexibility index (Phi) is 5.70. The number of aliphatic hydroxyl groups excluding tert-OH is 1. The number of benzene rings is 2. The van der Waals surface area contributed by atoms with Crippen LogP contribution in [-0.2, 0) is 7.05 Å². The Morgan fingerprint density at radius 3 is 2.41 bits per heavy atom. The second-order valence-corrected chi connectivity index (χ2v) is 7.42. The quantitative estimate of drug-likeness (QED) is 0.532. The van der Waals surface area contributed by atoms with Gasteiger partial charge in [-0.05, 0) is 36.8 Å². The molecule has 0 fully saturated rings. The van der Waals surface area contributed by atoms with Gasteiger partial charge in [0.1, 0.15) is 5.69 Å². The number of aromatic nitrogens is 1. The van der Waals surface area contributed by atoms with E-state index in [1.807, 2.05) is 0 Å². The Morgan fingerprint density at radius 2 is 1.78 bits per heavy atom. The number of aliphatic hydroxyl groups is 2. The zero-order valence-corrected chi connectivity index (χ0v) is 16.8. The number of rotatable bonds is 4. The van der Waals surface area contributed by atoms with Gasteiger partial charge in [-0.1, -0.05) is 46.9 Å². The lowest BCUT2D eigenvalue weighted by molar-refractivity contribution is -0.0425. The van der Waals surface area contributed by atoms with Crippen LogP contribution in [0.1, 0.15) is 40.9 Å². The highest BCUT2D eigenvalue weighted by molar-refractivity contribution is 6.45. The largest absolute Gasteiger partial charge is 0.364 e. The highest BCUT2D eigenvalue weighted by Crippen LogP contribution is 2.33. The fourth-order valence-corrected chi connectivity index (χ4v) is 3.70. The van der Waals surface area contributed by atoms with Crippen LogP contribution in [0.4, 0.5) is 0 Å². The van der Waals surface area contributed by atoms with Crippen LogP contribution in [0.2, 0.25) is 15.1 Å². The normalized spacial score (nSPS) is 12.6. The van der Waals surface area contributed by atoms with E-state index in [1.54, 1.807) is 48.9 Å². The van der Waals surface area contributed by atoms with E-state index < -0.39 is 12.3 Å². The van der Waals surface area contributed by atoms with Gasteiger partial charge in [-0.3, -0.25) is 4.79 Å². The fraction of sp³-hybridized carbons (Fsp3) is 0.211. The van der Waals surface area contributed by atoms with E-state index in [9.17, 15) is 15.0 Å². The van der Waals surface area contributed by atoms with Crippen molar-refractivity contribution in [2.24, 2.45) is 7.05 Å². The lowest BCUT2D eigenvalue weighted by Gasteiger charge is -2.17. The summed E-state index contributed by atoms with van der Waals surface area (Å²) in [6, 6.07) is 9.45. The Hall–Kier alpha value is -1.76. The minimum Gasteiger partial charge on any atom is -0.364 e. The minimum atomic E-state index is -1.60. The summed E-state index contributed by atoms with van der Waals surface area (Å²) in [5.41, 5.74) is 2.16. The summed E-state index contributed by atoms with van der Waals surface area (Å²) < 4.78 is 1.74. The monoisotopic (exact) mass is 426 g/mol. The van der Waals surface area contributed by atoms with Gasteiger partial charge >= 0.3 is 0 Å². The number of halogens is 3. The molecule has 0 spiro atoms. The molecule has 142 valence electrons. The first-order valence-corrected chi connectivity index (χ1v) is 9.24. The summed E-state index contributed by atoms with van der Waals surface area (Å²) in [4.78, 5) is 12.8. The Labute approximate surface area is 171 Å². The van der Waals surface area contributed by atoms with Gasteiger partial charge in [0.05, 0.1) is 16.1 Å². The van der Waals surface area contributed by atoms with Crippen LogP contribution in [0.25, 0.3) is 10.9 Å². The number of nitrogens with one attached hydrogen (secondary N) is 1. The predicted molar refractivity (Wildman–Crippen MR) is 107 cm³/mol. The zero-order valence-electron chi connectivity index (χ0n) is 14.5. The van der Waals surface area contributed by atoms with Gasteiger partial charge in [0.25, 0.3) is 5.91 Å². The number of fused-ring (bicyclic) bond motifs is 1. The number of nitrogens with zero attached hydrogens (tertiary/aromatic N) is 1. The first-order valence-electron chi connectivity index (χ1n) is 8.10. The van der Waals surface area contributed by atoms with Crippen molar-refractivity contribution in [3.63, 3.8) is 0 Å². The molecule has 0 saturated heterocycles. The second kappa shape index (κ2) is 7.70. The van der Waals surface area contributed by atoms with E-state index in [-0.39, 0.29) is 11.5 Å². The van der Waals surface area contributed by atoms with E-state index in [0.29, 0.717) is 31.7 Å². The zero-order chi connectivity index (χ0) is 19.9. The molecule has 1 heterocycles. The number of hydrogen-bond donors (Lipinski definition) is 3. The summed E-state index contributed by atoms with van der Waals surface area (Å²) in [6.07, 6.45) is -1.60. The van der Waals surface area contributed by atoms with Gasteiger partial charge in [0.15, 0.2) is 6.29 Å². The lowest BCUT2D eigenvalue weighted by Crippen LogP contribution is -2.28. The Balaban J connectivity index is 1.88. The molecular formula is C19H17Cl3N2O3. The van der Waals surface area contributed by atoms with Crippen molar-refractivity contribution >= 4 is 51.6 Å². The third-order valence-electron chi connectivity index (χ3n) is 4.48. The topological polar surface area (TPSA) is 74.5 Å². The highest BCUT2D eigenvalue weighted by atomic mass is 35.5. The molecule has 1 unspecified atom stereocenters. The van der Waals surface area contributed by atoms with Crippen LogP contribution in [0.3, 0.4) is 0 Å². The number of hydrogen-bond acceptors (Lipinski definition) is 3. The molecule has 3 rings (SSSR count). The molecule has 0 aliphatic heterocycles. The molecule has 5 nitrogen and oxygen atoms in total. The molecule has 1 amide bonds. The summed E-state index contributed by atoms with van der Waals surface area (Å²) in [5.74, 6) is -0.296. The van der Waals surface area contributed by atoms with Gasteiger partial charge in [-0.2, -0.15) is 0 Å². The van der Waals surface area contributed by atoms with E-state index in [2.05, 4.69) is 5.32 Å². The van der Waals surface area contributed by atoms with E-state index in [1.165, 1.54) is 6.07 Å². The van der Waals surface area contributed by atoms with Crippen molar-refractivity contribution in [3.8, 4) is 0 Å². The maximum atomic E-state index is 12.8. The van der Waals surface area contributed by atoms with Crippen molar-refractivity contribution in [1.82, 2.24) is 9.88 Å². The van der Waals surface area contributed by atoms with Crippen LogP contribution in [-0.4, -0.2) is 20.7 Å². The molecule has 0 aliphatic carbocycles. The number of carbonyl (C=O) groups excluding carboxylic acids is 1. The SMILES string of the molecule is CC(NC(=O)c1cc2c(Cl)c(Cl)ccc2n1C)c1ccc(C(O)O)cc1Cl. The van der Waals surface area contributed by atoms with Crippen molar-refractivity contribution in [2.75, 3.05) is 0 Å². The van der Waals surface area contributed by atoms with Crippen LogP contribution >= 0.6 is 34.8 Å². The van der Waals surface area contributed by atoms with E-state index >= 15 is 0 Å². The van der Waals surface area contributed by atoms with Crippen molar-refractivity contribution in [1.29, 1.82) is 0 Å².